The van der Waals surface area contributed by atoms with Crippen LogP contribution in [0.4, 0.5) is 0 Å². The topological polar surface area (TPSA) is 88.5 Å². The summed E-state index contributed by atoms with van der Waals surface area (Å²) in [5.74, 6) is -0.461. The molecule has 6 nitrogen and oxygen atoms in total. The standard InChI is InChI=1S/C17H20N2O4S/c1-2-3-10-23-13-6-4-12(5-7-13)16(20)18-9-8-15-19-14(11-24-15)17(21)22/h4-7,11H,2-3,8-10H2,1H3,(H,18,20)(H,21,22). The molecule has 0 fully saturated rings. The third-order valence-corrected chi connectivity index (χ3v) is 4.19. The summed E-state index contributed by atoms with van der Waals surface area (Å²) < 4.78 is 5.56. The van der Waals surface area contributed by atoms with Crippen LogP contribution in [0.2, 0.25) is 0 Å². The van der Waals surface area contributed by atoms with E-state index < -0.39 is 5.97 Å². The number of carboxylic acids is 1. The maximum Gasteiger partial charge on any atom is 0.355 e. The van der Waals surface area contributed by atoms with Gasteiger partial charge in [0.25, 0.3) is 5.91 Å². The molecule has 0 atom stereocenters. The maximum atomic E-state index is 12.1. The number of unbranched alkanes of at least 4 members (excludes halogenated alkanes) is 1. The molecule has 128 valence electrons. The molecular formula is C17H20N2O4S. The summed E-state index contributed by atoms with van der Waals surface area (Å²) >= 11 is 1.28. The molecule has 0 saturated heterocycles. The normalized spacial score (nSPS) is 10.4. The smallest absolute Gasteiger partial charge is 0.355 e. The minimum absolute atomic E-state index is 0.0417. The first kappa shape index (κ1) is 17.9. The van der Waals surface area contributed by atoms with Crippen molar-refractivity contribution in [2.45, 2.75) is 26.2 Å². The first-order valence-electron chi connectivity index (χ1n) is 7.79. The zero-order valence-electron chi connectivity index (χ0n) is 13.4. The van der Waals surface area contributed by atoms with E-state index in [2.05, 4.69) is 17.2 Å². The van der Waals surface area contributed by atoms with Crippen molar-refractivity contribution >= 4 is 23.2 Å². The second-order valence-corrected chi connectivity index (χ2v) is 6.11. The zero-order valence-corrected chi connectivity index (χ0v) is 14.3. The summed E-state index contributed by atoms with van der Waals surface area (Å²) in [6, 6.07) is 7.01. The Morgan fingerprint density at radius 1 is 1.29 bits per heavy atom. The number of carboxylic acid groups (broad SMARTS) is 1. The quantitative estimate of drug-likeness (QED) is 0.680. The van der Waals surface area contributed by atoms with Crippen molar-refractivity contribution in [3.8, 4) is 5.75 Å². The molecule has 24 heavy (non-hydrogen) atoms. The Bertz CT molecular complexity index is 682. The Labute approximate surface area is 144 Å². The summed E-state index contributed by atoms with van der Waals surface area (Å²) in [5, 5.41) is 13.8. The lowest BCUT2D eigenvalue weighted by molar-refractivity contribution is 0.0690. The lowest BCUT2D eigenvalue weighted by Crippen LogP contribution is -2.25. The van der Waals surface area contributed by atoms with Gasteiger partial charge in [-0.15, -0.1) is 11.3 Å². The molecule has 0 bridgehead atoms. The predicted molar refractivity (Wildman–Crippen MR) is 92.0 cm³/mol. The van der Waals surface area contributed by atoms with Crippen LogP contribution in [-0.2, 0) is 6.42 Å². The summed E-state index contributed by atoms with van der Waals surface area (Å²) in [7, 11) is 0. The Hall–Kier alpha value is -2.41. The number of carbonyl (C=O) groups excluding carboxylic acids is 1. The Morgan fingerprint density at radius 2 is 2.04 bits per heavy atom. The van der Waals surface area contributed by atoms with Crippen LogP contribution in [-0.4, -0.2) is 35.1 Å². The summed E-state index contributed by atoms with van der Waals surface area (Å²) in [6.07, 6.45) is 2.58. The van der Waals surface area contributed by atoms with Crippen LogP contribution in [0, 0.1) is 0 Å². The van der Waals surface area contributed by atoms with Gasteiger partial charge in [0.2, 0.25) is 0 Å². The first-order chi connectivity index (χ1) is 11.6. The second kappa shape index (κ2) is 9.02. The molecule has 0 radical (unpaired) electrons. The monoisotopic (exact) mass is 348 g/mol. The number of hydrogen-bond acceptors (Lipinski definition) is 5. The van der Waals surface area contributed by atoms with Gasteiger partial charge in [0.05, 0.1) is 11.6 Å². The molecule has 1 aromatic heterocycles. The van der Waals surface area contributed by atoms with Gasteiger partial charge in [-0.05, 0) is 30.7 Å². The summed E-state index contributed by atoms with van der Waals surface area (Å²) in [4.78, 5) is 26.8. The highest BCUT2D eigenvalue weighted by Crippen LogP contribution is 2.13. The third-order valence-electron chi connectivity index (χ3n) is 3.28. The van der Waals surface area contributed by atoms with E-state index in [1.807, 2.05) is 0 Å². The number of ether oxygens (including phenoxy) is 1. The summed E-state index contributed by atoms with van der Waals surface area (Å²) in [6.45, 7) is 3.18. The minimum Gasteiger partial charge on any atom is -0.494 e. The second-order valence-electron chi connectivity index (χ2n) is 5.16. The molecule has 1 heterocycles. The van der Waals surface area contributed by atoms with Crippen molar-refractivity contribution in [1.82, 2.24) is 10.3 Å². The molecule has 0 unspecified atom stereocenters. The highest BCUT2D eigenvalue weighted by Gasteiger charge is 2.09. The van der Waals surface area contributed by atoms with Crippen molar-refractivity contribution in [3.63, 3.8) is 0 Å². The van der Waals surface area contributed by atoms with E-state index in [-0.39, 0.29) is 11.6 Å². The minimum atomic E-state index is -1.04. The SMILES string of the molecule is CCCCOc1ccc(C(=O)NCCc2nc(C(=O)O)cs2)cc1. The van der Waals surface area contributed by atoms with Crippen LogP contribution in [0.15, 0.2) is 29.6 Å². The van der Waals surface area contributed by atoms with Gasteiger partial charge >= 0.3 is 5.97 Å². The van der Waals surface area contributed by atoms with Gasteiger partial charge in [-0.1, -0.05) is 13.3 Å². The Balaban J connectivity index is 1.78. The van der Waals surface area contributed by atoms with E-state index >= 15 is 0 Å². The van der Waals surface area contributed by atoms with Crippen molar-refractivity contribution in [2.24, 2.45) is 0 Å². The van der Waals surface area contributed by atoms with E-state index in [0.29, 0.717) is 30.1 Å². The fourth-order valence-corrected chi connectivity index (χ4v) is 2.72. The van der Waals surface area contributed by atoms with Crippen LogP contribution in [0.3, 0.4) is 0 Å². The number of amides is 1. The number of nitrogens with one attached hydrogen (secondary N) is 1. The molecule has 0 aliphatic carbocycles. The lowest BCUT2D eigenvalue weighted by atomic mass is 10.2. The van der Waals surface area contributed by atoms with Gasteiger partial charge in [-0.2, -0.15) is 0 Å². The van der Waals surface area contributed by atoms with E-state index in [0.717, 1.165) is 18.6 Å². The average Bonchev–Trinajstić information content (AvgIpc) is 3.05. The zero-order chi connectivity index (χ0) is 17.4. The van der Waals surface area contributed by atoms with Crippen LogP contribution in [0.5, 0.6) is 5.75 Å². The molecule has 0 aliphatic rings. The number of thiazole rings is 1. The Morgan fingerprint density at radius 3 is 2.67 bits per heavy atom. The lowest BCUT2D eigenvalue weighted by Gasteiger charge is -2.07. The van der Waals surface area contributed by atoms with Crippen molar-refractivity contribution in [3.05, 3.63) is 45.9 Å². The number of hydrogen-bond donors (Lipinski definition) is 2. The van der Waals surface area contributed by atoms with Crippen molar-refractivity contribution < 1.29 is 19.4 Å². The fourth-order valence-electron chi connectivity index (χ4n) is 1.95. The van der Waals surface area contributed by atoms with E-state index in [9.17, 15) is 9.59 Å². The number of nitrogens with zero attached hydrogens (tertiary/aromatic N) is 1. The molecule has 2 rings (SSSR count). The van der Waals surface area contributed by atoms with Crippen LogP contribution >= 0.6 is 11.3 Å². The van der Waals surface area contributed by atoms with E-state index in [1.54, 1.807) is 24.3 Å². The van der Waals surface area contributed by atoms with Gasteiger partial charge < -0.3 is 15.2 Å². The van der Waals surface area contributed by atoms with Gasteiger partial charge in [0.1, 0.15) is 5.75 Å². The van der Waals surface area contributed by atoms with E-state index in [1.165, 1.54) is 16.7 Å². The number of benzene rings is 1. The summed E-state index contributed by atoms with van der Waals surface area (Å²) in [5.41, 5.74) is 0.600. The fraction of sp³-hybridized carbons (Fsp3) is 0.353. The van der Waals surface area contributed by atoms with Crippen LogP contribution < -0.4 is 10.1 Å². The van der Waals surface area contributed by atoms with Crippen molar-refractivity contribution in [2.75, 3.05) is 13.2 Å². The average molecular weight is 348 g/mol. The number of rotatable bonds is 9. The van der Waals surface area contributed by atoms with Crippen LogP contribution in [0.25, 0.3) is 0 Å². The molecule has 2 N–H and O–H groups in total. The van der Waals surface area contributed by atoms with Gasteiger partial charge in [-0.25, -0.2) is 9.78 Å². The molecule has 7 heteroatoms. The van der Waals surface area contributed by atoms with Gasteiger partial charge in [0, 0.05) is 23.9 Å². The number of carbonyl (C=O) groups is 2. The van der Waals surface area contributed by atoms with Gasteiger partial charge in [-0.3, -0.25) is 4.79 Å². The molecular weight excluding hydrogens is 328 g/mol. The van der Waals surface area contributed by atoms with E-state index in [4.69, 9.17) is 9.84 Å². The van der Waals surface area contributed by atoms with Gasteiger partial charge in [0.15, 0.2) is 5.69 Å². The number of aromatic carboxylic acids is 1. The first-order valence-corrected chi connectivity index (χ1v) is 8.67. The molecule has 0 saturated carbocycles. The highest BCUT2D eigenvalue weighted by atomic mass is 32.1. The molecule has 1 aromatic carbocycles. The highest BCUT2D eigenvalue weighted by molar-refractivity contribution is 7.09. The molecule has 1 amide bonds. The predicted octanol–water partition coefficient (Wildman–Crippen LogP) is 2.99. The third kappa shape index (κ3) is 5.34. The van der Waals surface area contributed by atoms with Crippen molar-refractivity contribution in [1.29, 1.82) is 0 Å². The maximum absolute atomic E-state index is 12.1. The number of aromatic nitrogens is 1. The molecule has 0 aliphatic heterocycles. The molecule has 0 spiro atoms. The Kier molecular flexibility index (Phi) is 6.74. The largest absolute Gasteiger partial charge is 0.494 e. The molecule has 2 aromatic rings. The van der Waals surface area contributed by atoms with Crippen LogP contribution in [0.1, 0.15) is 45.6 Å².